The second-order valence-corrected chi connectivity index (χ2v) is 6.01. The first-order valence-electron chi connectivity index (χ1n) is 6.62. The second kappa shape index (κ2) is 6.25. The summed E-state index contributed by atoms with van der Waals surface area (Å²) in [5.41, 5.74) is 3.42. The summed E-state index contributed by atoms with van der Waals surface area (Å²) in [6.07, 6.45) is 2.02. The zero-order chi connectivity index (χ0) is 13.8. The normalized spacial score (nSPS) is 10.8. The molecule has 0 unspecified atom stereocenters. The van der Waals surface area contributed by atoms with Crippen molar-refractivity contribution in [2.75, 3.05) is 11.2 Å². The van der Waals surface area contributed by atoms with Gasteiger partial charge >= 0.3 is 0 Å². The number of nitrogens with one attached hydrogen (secondary N) is 1. The minimum atomic E-state index is 0.704. The molecule has 0 saturated heterocycles. The molecule has 0 atom stereocenters. The lowest BCUT2D eigenvalue weighted by atomic mass is 10.1. The van der Waals surface area contributed by atoms with Crippen LogP contribution in [0.25, 0.3) is 10.2 Å². The molecular weight excluding hydrogens is 288 g/mol. The van der Waals surface area contributed by atoms with Gasteiger partial charge in [-0.2, -0.15) is 0 Å². The van der Waals surface area contributed by atoms with Crippen molar-refractivity contribution < 1.29 is 0 Å². The molecule has 3 aromatic rings. The molecule has 0 aliphatic rings. The maximum absolute atomic E-state index is 5.74. The van der Waals surface area contributed by atoms with Crippen molar-refractivity contribution in [1.29, 1.82) is 0 Å². The molecule has 0 aliphatic heterocycles. The Hall–Kier alpha value is -1.58. The maximum atomic E-state index is 5.74. The number of fused-ring (bicyclic) bond motifs is 1. The summed E-state index contributed by atoms with van der Waals surface area (Å²) in [6, 6.07) is 16.6. The minimum absolute atomic E-state index is 0.704. The van der Waals surface area contributed by atoms with Crippen LogP contribution in [0.5, 0.6) is 0 Å². The Morgan fingerprint density at radius 1 is 1.10 bits per heavy atom. The zero-order valence-corrected chi connectivity index (χ0v) is 12.5. The highest BCUT2D eigenvalue weighted by molar-refractivity contribution is 7.22. The van der Waals surface area contributed by atoms with Crippen molar-refractivity contribution in [3.63, 3.8) is 0 Å². The van der Waals surface area contributed by atoms with Crippen LogP contribution in [0.1, 0.15) is 12.0 Å². The number of para-hydroxylation sites is 1. The topological polar surface area (TPSA) is 24.9 Å². The SMILES string of the molecule is ClCCCc1cccc(Nc2nc3ccccc3s2)c1. The highest BCUT2D eigenvalue weighted by Crippen LogP contribution is 2.28. The van der Waals surface area contributed by atoms with Crippen LogP contribution < -0.4 is 5.32 Å². The Labute approximate surface area is 127 Å². The van der Waals surface area contributed by atoms with Gasteiger partial charge in [-0.05, 0) is 42.7 Å². The molecule has 0 saturated carbocycles. The average molecular weight is 303 g/mol. The van der Waals surface area contributed by atoms with Gasteiger partial charge in [-0.15, -0.1) is 11.6 Å². The Morgan fingerprint density at radius 3 is 2.85 bits per heavy atom. The van der Waals surface area contributed by atoms with Crippen molar-refractivity contribution in [2.45, 2.75) is 12.8 Å². The molecule has 0 fully saturated rings. The van der Waals surface area contributed by atoms with E-state index in [1.165, 1.54) is 10.3 Å². The van der Waals surface area contributed by atoms with Gasteiger partial charge in [0.05, 0.1) is 10.2 Å². The summed E-state index contributed by atoms with van der Waals surface area (Å²) in [5.74, 6) is 0.704. The van der Waals surface area contributed by atoms with Gasteiger partial charge in [0.2, 0.25) is 0 Å². The molecule has 1 heterocycles. The lowest BCUT2D eigenvalue weighted by Crippen LogP contribution is -1.92. The summed E-state index contributed by atoms with van der Waals surface area (Å²) in [6.45, 7) is 0. The van der Waals surface area contributed by atoms with Crippen molar-refractivity contribution in [3.8, 4) is 0 Å². The van der Waals surface area contributed by atoms with Crippen LogP contribution in [0.15, 0.2) is 48.5 Å². The molecule has 20 heavy (non-hydrogen) atoms. The number of alkyl halides is 1. The van der Waals surface area contributed by atoms with E-state index in [4.69, 9.17) is 11.6 Å². The molecule has 0 spiro atoms. The molecule has 2 nitrogen and oxygen atoms in total. The van der Waals surface area contributed by atoms with E-state index < -0.39 is 0 Å². The number of halogens is 1. The molecule has 1 N–H and O–H groups in total. The fraction of sp³-hybridized carbons (Fsp3) is 0.188. The van der Waals surface area contributed by atoms with Crippen LogP contribution in [0.2, 0.25) is 0 Å². The molecule has 1 aromatic heterocycles. The van der Waals surface area contributed by atoms with E-state index >= 15 is 0 Å². The monoisotopic (exact) mass is 302 g/mol. The van der Waals surface area contributed by atoms with Crippen molar-refractivity contribution in [3.05, 3.63) is 54.1 Å². The molecule has 0 amide bonds. The number of hydrogen-bond donors (Lipinski definition) is 1. The van der Waals surface area contributed by atoms with Crippen LogP contribution in [-0.4, -0.2) is 10.9 Å². The van der Waals surface area contributed by atoms with E-state index in [0.29, 0.717) is 5.88 Å². The van der Waals surface area contributed by atoms with E-state index in [1.54, 1.807) is 11.3 Å². The predicted molar refractivity (Wildman–Crippen MR) is 88.4 cm³/mol. The maximum Gasteiger partial charge on any atom is 0.188 e. The number of aromatic nitrogens is 1. The molecule has 0 radical (unpaired) electrons. The lowest BCUT2D eigenvalue weighted by molar-refractivity contribution is 0.929. The molecule has 0 bridgehead atoms. The van der Waals surface area contributed by atoms with E-state index in [1.807, 2.05) is 18.2 Å². The molecule has 0 aliphatic carbocycles. The van der Waals surface area contributed by atoms with Crippen molar-refractivity contribution >= 4 is 44.0 Å². The van der Waals surface area contributed by atoms with Crippen LogP contribution in [0, 0.1) is 0 Å². The van der Waals surface area contributed by atoms with Crippen LogP contribution in [0.4, 0.5) is 10.8 Å². The summed E-state index contributed by atoms with van der Waals surface area (Å²) >= 11 is 7.41. The molecule has 4 heteroatoms. The Kier molecular flexibility index (Phi) is 4.19. The summed E-state index contributed by atoms with van der Waals surface area (Å²) in [5, 5.41) is 4.32. The number of anilines is 2. The van der Waals surface area contributed by atoms with E-state index in [2.05, 4.69) is 40.6 Å². The van der Waals surface area contributed by atoms with Crippen LogP contribution in [0.3, 0.4) is 0 Å². The lowest BCUT2D eigenvalue weighted by Gasteiger charge is -2.05. The fourth-order valence-corrected chi connectivity index (χ4v) is 3.14. The predicted octanol–water partition coefficient (Wildman–Crippen LogP) is 5.21. The second-order valence-electron chi connectivity index (χ2n) is 4.60. The molecule has 3 rings (SSSR count). The van der Waals surface area contributed by atoms with Gasteiger partial charge < -0.3 is 5.32 Å². The Bertz CT molecular complexity index is 675. The number of rotatable bonds is 5. The summed E-state index contributed by atoms with van der Waals surface area (Å²) in [4.78, 5) is 4.59. The largest absolute Gasteiger partial charge is 0.332 e. The van der Waals surface area contributed by atoms with Gasteiger partial charge in [0.1, 0.15) is 0 Å². The first-order valence-corrected chi connectivity index (χ1v) is 7.98. The van der Waals surface area contributed by atoms with E-state index in [9.17, 15) is 0 Å². The van der Waals surface area contributed by atoms with Crippen LogP contribution >= 0.6 is 22.9 Å². The molecule has 102 valence electrons. The Balaban J connectivity index is 1.79. The zero-order valence-electron chi connectivity index (χ0n) is 11.0. The first-order chi connectivity index (χ1) is 9.85. The number of aryl methyl sites for hydroxylation is 1. The molecule has 2 aromatic carbocycles. The van der Waals surface area contributed by atoms with Crippen LogP contribution in [-0.2, 0) is 6.42 Å². The van der Waals surface area contributed by atoms with Gasteiger partial charge in [0.25, 0.3) is 0 Å². The fourth-order valence-electron chi connectivity index (χ4n) is 2.12. The third-order valence-electron chi connectivity index (χ3n) is 3.07. The number of benzene rings is 2. The smallest absolute Gasteiger partial charge is 0.188 e. The standard InChI is InChI=1S/C16H15ClN2S/c17-10-4-6-12-5-3-7-13(11-12)18-16-19-14-8-1-2-9-15(14)20-16/h1-3,5,7-9,11H,4,6,10H2,(H,18,19). The highest BCUT2D eigenvalue weighted by atomic mass is 35.5. The van der Waals surface area contributed by atoms with Crippen molar-refractivity contribution in [1.82, 2.24) is 4.98 Å². The van der Waals surface area contributed by atoms with Crippen molar-refractivity contribution in [2.24, 2.45) is 0 Å². The van der Waals surface area contributed by atoms with E-state index in [0.717, 1.165) is 29.2 Å². The Morgan fingerprint density at radius 2 is 2.00 bits per heavy atom. The van der Waals surface area contributed by atoms with Gasteiger partial charge in [0, 0.05) is 11.6 Å². The summed E-state index contributed by atoms with van der Waals surface area (Å²) < 4.78 is 1.20. The van der Waals surface area contributed by atoms with Gasteiger partial charge in [-0.1, -0.05) is 35.6 Å². The van der Waals surface area contributed by atoms with Gasteiger partial charge in [-0.25, -0.2) is 4.98 Å². The van der Waals surface area contributed by atoms with Gasteiger partial charge in [0.15, 0.2) is 5.13 Å². The number of hydrogen-bond acceptors (Lipinski definition) is 3. The third kappa shape index (κ3) is 3.11. The third-order valence-corrected chi connectivity index (χ3v) is 4.29. The summed E-state index contributed by atoms with van der Waals surface area (Å²) in [7, 11) is 0. The minimum Gasteiger partial charge on any atom is -0.332 e. The van der Waals surface area contributed by atoms with E-state index in [-0.39, 0.29) is 0 Å². The number of thiazole rings is 1. The molecular formula is C16H15ClN2S. The number of nitrogens with zero attached hydrogens (tertiary/aromatic N) is 1. The first kappa shape index (κ1) is 13.4. The highest BCUT2D eigenvalue weighted by Gasteiger charge is 2.03. The quantitative estimate of drug-likeness (QED) is 0.654. The average Bonchev–Trinajstić information content (AvgIpc) is 2.87. The van der Waals surface area contributed by atoms with Gasteiger partial charge in [-0.3, -0.25) is 0 Å².